The van der Waals surface area contributed by atoms with Gasteiger partial charge in [0.2, 0.25) is 0 Å². The monoisotopic (exact) mass is 223 g/mol. The lowest BCUT2D eigenvalue weighted by molar-refractivity contribution is -0.132. The average Bonchev–Trinajstić information content (AvgIpc) is 2.78. The summed E-state index contributed by atoms with van der Waals surface area (Å²) in [5.41, 5.74) is 0. The molecular formula is C10H9NO3S. The molecule has 0 spiro atoms. The molecule has 2 aromatic heterocycles. The highest BCUT2D eigenvalue weighted by Crippen LogP contribution is 2.22. The molecule has 0 fully saturated rings. The summed E-state index contributed by atoms with van der Waals surface area (Å²) in [6.07, 6.45) is 1.88. The average molecular weight is 223 g/mol. The van der Waals surface area contributed by atoms with Gasteiger partial charge in [0.05, 0.1) is 0 Å². The van der Waals surface area contributed by atoms with Crippen LogP contribution < -0.4 is 4.74 Å². The maximum atomic E-state index is 10.8. The van der Waals surface area contributed by atoms with E-state index in [1.54, 1.807) is 11.3 Å². The lowest BCUT2D eigenvalue weighted by atomic mass is 10.3. The standard InChI is InChI=1S/C10H9NO3S/c1-7(12)14-10-9(13-6-11-10)5-8-3-2-4-15-8/h2-4,6H,5H2,1H3. The second-order valence-corrected chi connectivity index (χ2v) is 3.96. The first-order chi connectivity index (χ1) is 7.25. The van der Waals surface area contributed by atoms with Crippen LogP contribution in [0.15, 0.2) is 28.3 Å². The number of esters is 1. The SMILES string of the molecule is CC(=O)Oc1ncoc1Cc1cccs1. The van der Waals surface area contributed by atoms with Crippen molar-refractivity contribution in [1.29, 1.82) is 0 Å². The number of rotatable bonds is 3. The van der Waals surface area contributed by atoms with Gasteiger partial charge in [0.25, 0.3) is 5.88 Å². The molecule has 4 nitrogen and oxygen atoms in total. The molecule has 0 aliphatic carbocycles. The van der Waals surface area contributed by atoms with Crippen molar-refractivity contribution >= 4 is 17.3 Å². The largest absolute Gasteiger partial charge is 0.444 e. The Labute approximate surface area is 90.5 Å². The summed E-state index contributed by atoms with van der Waals surface area (Å²) in [6.45, 7) is 1.34. The first-order valence-corrected chi connectivity index (χ1v) is 5.27. The fourth-order valence-electron chi connectivity index (χ4n) is 1.17. The summed E-state index contributed by atoms with van der Waals surface area (Å²) >= 11 is 1.62. The third-order valence-corrected chi connectivity index (χ3v) is 2.64. The Morgan fingerprint density at radius 1 is 1.67 bits per heavy atom. The lowest BCUT2D eigenvalue weighted by Crippen LogP contribution is -2.03. The zero-order chi connectivity index (χ0) is 10.7. The number of aromatic nitrogens is 1. The van der Waals surface area contributed by atoms with Crippen molar-refractivity contribution < 1.29 is 13.9 Å². The van der Waals surface area contributed by atoms with Crippen LogP contribution in [0, 0.1) is 0 Å². The van der Waals surface area contributed by atoms with E-state index in [4.69, 9.17) is 9.15 Å². The molecule has 15 heavy (non-hydrogen) atoms. The van der Waals surface area contributed by atoms with Gasteiger partial charge in [-0.1, -0.05) is 6.07 Å². The minimum Gasteiger partial charge on any atom is -0.444 e. The highest BCUT2D eigenvalue weighted by molar-refractivity contribution is 7.09. The van der Waals surface area contributed by atoms with Crippen LogP contribution in [0.3, 0.4) is 0 Å². The van der Waals surface area contributed by atoms with Crippen LogP contribution in [-0.2, 0) is 11.2 Å². The van der Waals surface area contributed by atoms with Crippen molar-refractivity contribution in [1.82, 2.24) is 4.98 Å². The predicted molar refractivity (Wildman–Crippen MR) is 54.9 cm³/mol. The molecule has 2 rings (SSSR count). The van der Waals surface area contributed by atoms with E-state index >= 15 is 0 Å². The van der Waals surface area contributed by atoms with Crippen LogP contribution >= 0.6 is 11.3 Å². The first kappa shape index (κ1) is 9.92. The molecule has 0 saturated carbocycles. The normalized spacial score (nSPS) is 10.2. The number of carbonyl (C=O) groups is 1. The van der Waals surface area contributed by atoms with Crippen LogP contribution in [0.2, 0.25) is 0 Å². The zero-order valence-corrected chi connectivity index (χ0v) is 8.91. The topological polar surface area (TPSA) is 52.3 Å². The lowest BCUT2D eigenvalue weighted by Gasteiger charge is -1.98. The molecule has 0 saturated heterocycles. The smallest absolute Gasteiger partial charge is 0.309 e. The van der Waals surface area contributed by atoms with Crippen LogP contribution in [0.1, 0.15) is 17.6 Å². The Hall–Kier alpha value is -1.62. The third kappa shape index (κ3) is 2.44. The summed E-state index contributed by atoms with van der Waals surface area (Å²) in [5, 5.41) is 1.98. The Balaban J connectivity index is 2.14. The van der Waals surface area contributed by atoms with E-state index in [2.05, 4.69) is 4.98 Å². The van der Waals surface area contributed by atoms with E-state index in [1.165, 1.54) is 13.3 Å². The Morgan fingerprint density at radius 2 is 2.53 bits per heavy atom. The van der Waals surface area contributed by atoms with E-state index < -0.39 is 5.97 Å². The van der Waals surface area contributed by atoms with Crippen molar-refractivity contribution in [2.75, 3.05) is 0 Å². The minimum atomic E-state index is -0.392. The van der Waals surface area contributed by atoms with Crippen molar-refractivity contribution in [3.63, 3.8) is 0 Å². The molecule has 0 unspecified atom stereocenters. The number of ether oxygens (including phenoxy) is 1. The minimum absolute atomic E-state index is 0.260. The molecule has 0 bridgehead atoms. The van der Waals surface area contributed by atoms with Crippen molar-refractivity contribution in [2.24, 2.45) is 0 Å². The van der Waals surface area contributed by atoms with E-state index in [1.807, 2.05) is 17.5 Å². The van der Waals surface area contributed by atoms with Crippen molar-refractivity contribution in [2.45, 2.75) is 13.3 Å². The molecule has 0 radical (unpaired) electrons. The highest BCUT2D eigenvalue weighted by atomic mass is 32.1. The molecule has 5 heteroatoms. The van der Waals surface area contributed by atoms with Gasteiger partial charge in [-0.15, -0.1) is 11.3 Å². The Bertz CT molecular complexity index is 447. The molecule has 0 N–H and O–H groups in total. The highest BCUT2D eigenvalue weighted by Gasteiger charge is 2.12. The van der Waals surface area contributed by atoms with Gasteiger partial charge < -0.3 is 9.15 Å². The first-order valence-electron chi connectivity index (χ1n) is 4.39. The number of hydrogen-bond donors (Lipinski definition) is 0. The summed E-state index contributed by atoms with van der Waals surface area (Å²) in [4.78, 5) is 15.7. The van der Waals surface area contributed by atoms with Crippen LogP contribution in [0.25, 0.3) is 0 Å². The summed E-state index contributed by atoms with van der Waals surface area (Å²) in [5.74, 6) is 0.444. The second kappa shape index (κ2) is 4.27. The molecule has 2 aromatic rings. The van der Waals surface area contributed by atoms with E-state index in [9.17, 15) is 4.79 Å². The quantitative estimate of drug-likeness (QED) is 0.749. The number of thiophene rings is 1. The van der Waals surface area contributed by atoms with Crippen molar-refractivity contribution in [3.8, 4) is 5.88 Å². The van der Waals surface area contributed by atoms with Crippen LogP contribution in [0.4, 0.5) is 0 Å². The molecule has 0 atom stereocenters. The number of hydrogen-bond acceptors (Lipinski definition) is 5. The molecule has 0 aliphatic heterocycles. The van der Waals surface area contributed by atoms with Crippen LogP contribution in [-0.4, -0.2) is 11.0 Å². The van der Waals surface area contributed by atoms with E-state index in [-0.39, 0.29) is 5.88 Å². The molecule has 2 heterocycles. The van der Waals surface area contributed by atoms with Gasteiger partial charge >= 0.3 is 5.97 Å². The second-order valence-electron chi connectivity index (χ2n) is 2.93. The zero-order valence-electron chi connectivity index (χ0n) is 8.10. The van der Waals surface area contributed by atoms with Gasteiger partial charge in [-0.25, -0.2) is 0 Å². The number of carbonyl (C=O) groups excluding carboxylic acids is 1. The van der Waals surface area contributed by atoms with Gasteiger partial charge in [0.1, 0.15) is 0 Å². The molecule has 78 valence electrons. The predicted octanol–water partition coefficient (Wildman–Crippen LogP) is 2.25. The van der Waals surface area contributed by atoms with Gasteiger partial charge in [-0.2, -0.15) is 4.98 Å². The number of oxazole rings is 1. The molecular weight excluding hydrogens is 214 g/mol. The summed E-state index contributed by atoms with van der Waals surface area (Å²) in [7, 11) is 0. The Kier molecular flexibility index (Phi) is 2.82. The van der Waals surface area contributed by atoms with Gasteiger partial charge in [0.15, 0.2) is 12.2 Å². The van der Waals surface area contributed by atoms with Gasteiger partial charge in [-0.3, -0.25) is 4.79 Å². The summed E-state index contributed by atoms with van der Waals surface area (Å²) < 4.78 is 10.1. The fourth-order valence-corrected chi connectivity index (χ4v) is 1.87. The maximum absolute atomic E-state index is 10.8. The van der Waals surface area contributed by atoms with Gasteiger partial charge in [0, 0.05) is 18.2 Å². The molecule has 0 aliphatic rings. The van der Waals surface area contributed by atoms with E-state index in [0.29, 0.717) is 12.2 Å². The third-order valence-electron chi connectivity index (χ3n) is 1.76. The molecule has 0 amide bonds. The Morgan fingerprint density at radius 3 is 3.20 bits per heavy atom. The van der Waals surface area contributed by atoms with Gasteiger partial charge in [-0.05, 0) is 11.4 Å². The fraction of sp³-hybridized carbons (Fsp3) is 0.200. The maximum Gasteiger partial charge on any atom is 0.309 e. The molecule has 0 aromatic carbocycles. The van der Waals surface area contributed by atoms with Crippen LogP contribution in [0.5, 0.6) is 5.88 Å². The summed E-state index contributed by atoms with van der Waals surface area (Å²) in [6, 6.07) is 3.95. The number of nitrogens with zero attached hydrogens (tertiary/aromatic N) is 1. The van der Waals surface area contributed by atoms with E-state index in [0.717, 1.165) is 4.88 Å². The van der Waals surface area contributed by atoms with Crippen molar-refractivity contribution in [3.05, 3.63) is 34.5 Å².